The molecule has 0 aromatic carbocycles. The van der Waals surface area contributed by atoms with E-state index in [0.717, 1.165) is 19.1 Å². The van der Waals surface area contributed by atoms with Crippen LogP contribution < -0.4 is 5.32 Å². The zero-order chi connectivity index (χ0) is 11.1. The number of rotatable bonds is 6. The number of ether oxygens (including phenoxy) is 1. The monoisotopic (exact) mass is 214 g/mol. The number of hydrogen-bond donors (Lipinski definition) is 1. The van der Waals surface area contributed by atoms with Crippen molar-refractivity contribution in [2.24, 2.45) is 0 Å². The molecule has 0 spiro atoms. The van der Waals surface area contributed by atoms with Crippen LogP contribution in [0, 0.1) is 0 Å². The van der Waals surface area contributed by atoms with Gasteiger partial charge in [-0.1, -0.05) is 6.42 Å². The van der Waals surface area contributed by atoms with Gasteiger partial charge in [0.2, 0.25) is 0 Å². The highest BCUT2D eigenvalue weighted by Gasteiger charge is 2.25. The predicted molar refractivity (Wildman–Crippen MR) is 64.2 cm³/mol. The minimum Gasteiger partial charge on any atom is -0.385 e. The molecule has 3 nitrogen and oxygen atoms in total. The molecule has 1 fully saturated rings. The smallest absolute Gasteiger partial charge is 0.0474 e. The molecule has 1 aliphatic rings. The van der Waals surface area contributed by atoms with Crippen molar-refractivity contribution in [3.63, 3.8) is 0 Å². The minimum absolute atomic E-state index is 0.604. The lowest BCUT2D eigenvalue weighted by Gasteiger charge is -2.39. The average Bonchev–Trinajstić information content (AvgIpc) is 2.29. The van der Waals surface area contributed by atoms with Gasteiger partial charge in [-0.25, -0.2) is 0 Å². The lowest BCUT2D eigenvalue weighted by atomic mass is 9.96. The van der Waals surface area contributed by atoms with Crippen molar-refractivity contribution in [3.8, 4) is 0 Å². The summed E-state index contributed by atoms with van der Waals surface area (Å²) in [7, 11) is 3.84. The molecule has 0 aromatic heterocycles. The fourth-order valence-electron chi connectivity index (χ4n) is 2.46. The maximum Gasteiger partial charge on any atom is 0.0474 e. The number of nitrogens with zero attached hydrogens (tertiary/aromatic N) is 1. The summed E-state index contributed by atoms with van der Waals surface area (Å²) in [6, 6.07) is 1.33. The number of methoxy groups -OCH3 is 1. The SMILES string of the molecule is CNC(C)C1CCCCN1CCCOC. The Balaban J connectivity index is 2.35. The molecule has 90 valence electrons. The van der Waals surface area contributed by atoms with E-state index in [0.29, 0.717) is 6.04 Å². The summed E-state index contributed by atoms with van der Waals surface area (Å²) in [6.07, 6.45) is 5.25. The molecule has 3 heteroatoms. The van der Waals surface area contributed by atoms with Gasteiger partial charge < -0.3 is 10.1 Å². The van der Waals surface area contributed by atoms with E-state index in [9.17, 15) is 0 Å². The van der Waals surface area contributed by atoms with E-state index < -0.39 is 0 Å². The summed E-state index contributed by atoms with van der Waals surface area (Å²) >= 11 is 0. The molecule has 2 unspecified atom stereocenters. The first-order valence-electron chi connectivity index (χ1n) is 6.20. The summed E-state index contributed by atoms with van der Waals surface area (Å²) in [4.78, 5) is 2.63. The molecular formula is C12H26N2O. The van der Waals surface area contributed by atoms with E-state index in [4.69, 9.17) is 4.74 Å². The fraction of sp³-hybridized carbons (Fsp3) is 1.00. The first-order chi connectivity index (χ1) is 7.29. The second-order valence-electron chi connectivity index (χ2n) is 4.52. The standard InChI is InChI=1S/C12H26N2O/c1-11(13-2)12-7-4-5-8-14(12)9-6-10-15-3/h11-13H,4-10H2,1-3H3. The Kier molecular flexibility index (Phi) is 6.22. The minimum atomic E-state index is 0.604. The zero-order valence-corrected chi connectivity index (χ0v) is 10.5. The van der Waals surface area contributed by atoms with Gasteiger partial charge >= 0.3 is 0 Å². The van der Waals surface area contributed by atoms with Crippen LogP contribution in [0.4, 0.5) is 0 Å². The summed E-state index contributed by atoms with van der Waals surface area (Å²) in [6.45, 7) is 5.63. The second kappa shape index (κ2) is 7.20. The van der Waals surface area contributed by atoms with Gasteiger partial charge in [0.1, 0.15) is 0 Å². The molecule has 0 aromatic rings. The third-order valence-corrected chi connectivity index (χ3v) is 3.49. The zero-order valence-electron chi connectivity index (χ0n) is 10.5. The number of hydrogen-bond acceptors (Lipinski definition) is 3. The average molecular weight is 214 g/mol. The first kappa shape index (κ1) is 12.9. The fourth-order valence-corrected chi connectivity index (χ4v) is 2.46. The van der Waals surface area contributed by atoms with Gasteiger partial charge in [-0.2, -0.15) is 0 Å². The number of likely N-dealkylation sites (N-methyl/N-ethyl adjacent to an activating group) is 1. The maximum atomic E-state index is 5.11. The van der Waals surface area contributed by atoms with Crippen LogP contribution in [0.1, 0.15) is 32.6 Å². The quantitative estimate of drug-likeness (QED) is 0.678. The maximum absolute atomic E-state index is 5.11. The van der Waals surface area contributed by atoms with Gasteiger partial charge in [0.15, 0.2) is 0 Å². The van der Waals surface area contributed by atoms with Crippen LogP contribution in [0.2, 0.25) is 0 Å². The van der Waals surface area contributed by atoms with Gasteiger partial charge in [0.05, 0.1) is 0 Å². The summed E-state index contributed by atoms with van der Waals surface area (Å²) in [5.41, 5.74) is 0. The van der Waals surface area contributed by atoms with Crippen molar-refractivity contribution in [2.45, 2.75) is 44.7 Å². The van der Waals surface area contributed by atoms with Crippen LogP contribution in [0.5, 0.6) is 0 Å². The summed E-state index contributed by atoms with van der Waals surface area (Å²) in [5, 5.41) is 3.38. The van der Waals surface area contributed by atoms with Gasteiger partial charge in [-0.05, 0) is 39.8 Å². The molecule has 1 N–H and O–H groups in total. The van der Waals surface area contributed by atoms with E-state index in [2.05, 4.69) is 24.2 Å². The topological polar surface area (TPSA) is 24.5 Å². The van der Waals surface area contributed by atoms with Gasteiger partial charge in [-0.3, -0.25) is 4.90 Å². The molecule has 1 rings (SSSR count). The van der Waals surface area contributed by atoms with Crippen molar-refractivity contribution < 1.29 is 4.74 Å². The molecule has 0 saturated carbocycles. The molecule has 1 heterocycles. The van der Waals surface area contributed by atoms with Crippen molar-refractivity contribution in [2.75, 3.05) is 33.9 Å². The Morgan fingerprint density at radius 1 is 1.47 bits per heavy atom. The Hall–Kier alpha value is -0.120. The van der Waals surface area contributed by atoms with E-state index in [1.165, 1.54) is 32.4 Å². The van der Waals surface area contributed by atoms with Gasteiger partial charge in [-0.15, -0.1) is 0 Å². The molecule has 1 aliphatic heterocycles. The normalized spacial score (nSPS) is 25.4. The Bertz CT molecular complexity index is 164. The van der Waals surface area contributed by atoms with Crippen LogP contribution in [0.3, 0.4) is 0 Å². The molecule has 0 amide bonds. The summed E-state index contributed by atoms with van der Waals surface area (Å²) < 4.78 is 5.11. The van der Waals surface area contributed by atoms with Crippen molar-refractivity contribution >= 4 is 0 Å². The van der Waals surface area contributed by atoms with Crippen molar-refractivity contribution in [1.82, 2.24) is 10.2 Å². The van der Waals surface area contributed by atoms with Crippen molar-refractivity contribution in [1.29, 1.82) is 0 Å². The van der Waals surface area contributed by atoms with Crippen LogP contribution in [0.15, 0.2) is 0 Å². The van der Waals surface area contributed by atoms with E-state index >= 15 is 0 Å². The van der Waals surface area contributed by atoms with Crippen LogP contribution in [-0.4, -0.2) is 50.8 Å². The van der Waals surface area contributed by atoms with Gasteiger partial charge in [0.25, 0.3) is 0 Å². The number of nitrogens with one attached hydrogen (secondary N) is 1. The Morgan fingerprint density at radius 3 is 2.93 bits per heavy atom. The molecule has 0 aliphatic carbocycles. The molecule has 15 heavy (non-hydrogen) atoms. The number of likely N-dealkylation sites (tertiary alicyclic amines) is 1. The third-order valence-electron chi connectivity index (χ3n) is 3.49. The van der Waals surface area contributed by atoms with Crippen LogP contribution in [-0.2, 0) is 4.74 Å². The number of piperidine rings is 1. The van der Waals surface area contributed by atoms with Crippen LogP contribution >= 0.6 is 0 Å². The molecule has 2 atom stereocenters. The van der Waals surface area contributed by atoms with E-state index in [-0.39, 0.29) is 0 Å². The molecule has 0 radical (unpaired) electrons. The first-order valence-corrected chi connectivity index (χ1v) is 6.20. The summed E-state index contributed by atoms with van der Waals surface area (Å²) in [5.74, 6) is 0. The van der Waals surface area contributed by atoms with Crippen LogP contribution in [0.25, 0.3) is 0 Å². The molecule has 1 saturated heterocycles. The highest BCUT2D eigenvalue weighted by atomic mass is 16.5. The lowest BCUT2D eigenvalue weighted by molar-refractivity contribution is 0.104. The highest BCUT2D eigenvalue weighted by molar-refractivity contribution is 4.84. The Morgan fingerprint density at radius 2 is 2.27 bits per heavy atom. The predicted octanol–water partition coefficient (Wildman–Crippen LogP) is 1.49. The second-order valence-corrected chi connectivity index (χ2v) is 4.52. The third kappa shape index (κ3) is 4.09. The molecule has 0 bridgehead atoms. The largest absolute Gasteiger partial charge is 0.385 e. The van der Waals surface area contributed by atoms with Gasteiger partial charge in [0, 0.05) is 32.3 Å². The lowest BCUT2D eigenvalue weighted by Crippen LogP contribution is -2.50. The highest BCUT2D eigenvalue weighted by Crippen LogP contribution is 2.19. The van der Waals surface area contributed by atoms with E-state index in [1.807, 2.05) is 0 Å². The molecular weight excluding hydrogens is 188 g/mol. The van der Waals surface area contributed by atoms with Crippen molar-refractivity contribution in [3.05, 3.63) is 0 Å². The van der Waals surface area contributed by atoms with E-state index in [1.54, 1.807) is 7.11 Å². The Labute approximate surface area is 94.2 Å².